The summed E-state index contributed by atoms with van der Waals surface area (Å²) in [4.78, 5) is 29.3. The molecule has 0 aliphatic heterocycles. The molecule has 0 unspecified atom stereocenters. The highest BCUT2D eigenvalue weighted by molar-refractivity contribution is 6.29. The minimum Gasteiger partial charge on any atom is -0.465 e. The number of carbonyl (C=O) groups excluding carboxylic acids is 1. The van der Waals surface area contributed by atoms with E-state index in [0.717, 1.165) is 0 Å². The van der Waals surface area contributed by atoms with Crippen molar-refractivity contribution in [1.82, 2.24) is 9.97 Å². The molecule has 1 heterocycles. The monoisotopic (exact) mass is 292 g/mol. The molecule has 1 rings (SSSR count). The third kappa shape index (κ3) is 4.68. The molecule has 0 radical (unpaired) electrons. The lowest BCUT2D eigenvalue weighted by atomic mass is 10.1. The Morgan fingerprint density at radius 3 is 2.76 bits per heavy atom. The van der Waals surface area contributed by atoms with Gasteiger partial charge in [-0.2, -0.15) is 4.98 Å². The predicted molar refractivity (Wildman–Crippen MR) is 76.9 cm³/mol. The molecule has 0 fully saturated rings. The quantitative estimate of drug-likeness (QED) is 0.341. The summed E-state index contributed by atoms with van der Waals surface area (Å²) in [6, 6.07) is 0. The number of ether oxygens (including phenoxy) is 1. The SMILES string of the molecule is C/C=C(/C(=O)OC)c1cncnc1O/N=C(\C)C=NOC. The summed E-state index contributed by atoms with van der Waals surface area (Å²) in [5.41, 5.74) is 1.13. The molecule has 8 nitrogen and oxygen atoms in total. The summed E-state index contributed by atoms with van der Waals surface area (Å²) in [6.07, 6.45) is 5.69. The van der Waals surface area contributed by atoms with Gasteiger partial charge >= 0.3 is 5.97 Å². The van der Waals surface area contributed by atoms with Crippen molar-refractivity contribution < 1.29 is 19.2 Å². The maximum atomic E-state index is 11.7. The lowest BCUT2D eigenvalue weighted by Gasteiger charge is -2.07. The highest BCUT2D eigenvalue weighted by Gasteiger charge is 2.17. The van der Waals surface area contributed by atoms with E-state index in [-0.39, 0.29) is 11.5 Å². The number of carbonyl (C=O) groups is 1. The van der Waals surface area contributed by atoms with Crippen LogP contribution in [-0.2, 0) is 14.4 Å². The van der Waals surface area contributed by atoms with Gasteiger partial charge in [0.15, 0.2) is 0 Å². The second-order valence-electron chi connectivity index (χ2n) is 3.68. The number of methoxy groups -OCH3 is 1. The van der Waals surface area contributed by atoms with E-state index < -0.39 is 5.97 Å². The van der Waals surface area contributed by atoms with Crippen LogP contribution in [0.25, 0.3) is 5.57 Å². The lowest BCUT2D eigenvalue weighted by molar-refractivity contribution is -0.133. The fourth-order valence-corrected chi connectivity index (χ4v) is 1.34. The van der Waals surface area contributed by atoms with Crippen molar-refractivity contribution in [3.8, 4) is 5.88 Å². The largest absolute Gasteiger partial charge is 0.465 e. The number of allylic oxidation sites excluding steroid dienone is 1. The van der Waals surface area contributed by atoms with Gasteiger partial charge < -0.3 is 14.4 Å². The van der Waals surface area contributed by atoms with Crippen LogP contribution in [0.1, 0.15) is 19.4 Å². The summed E-state index contributed by atoms with van der Waals surface area (Å²) < 4.78 is 4.70. The molecule has 0 atom stereocenters. The van der Waals surface area contributed by atoms with Gasteiger partial charge in [0.2, 0.25) is 0 Å². The Morgan fingerprint density at radius 2 is 2.14 bits per heavy atom. The van der Waals surface area contributed by atoms with Crippen molar-refractivity contribution in [1.29, 1.82) is 0 Å². The molecule has 21 heavy (non-hydrogen) atoms. The molecule has 8 heteroatoms. The summed E-state index contributed by atoms with van der Waals surface area (Å²) in [5.74, 6) is -0.382. The van der Waals surface area contributed by atoms with Crippen LogP contribution in [0.3, 0.4) is 0 Å². The van der Waals surface area contributed by atoms with E-state index in [1.54, 1.807) is 19.9 Å². The Hall–Kier alpha value is -2.77. The molecule has 1 aromatic heterocycles. The smallest absolute Gasteiger partial charge is 0.338 e. The van der Waals surface area contributed by atoms with Gasteiger partial charge in [0.25, 0.3) is 5.88 Å². The maximum Gasteiger partial charge on any atom is 0.338 e. The first-order valence-electron chi connectivity index (χ1n) is 5.97. The Kier molecular flexibility index (Phi) is 6.52. The highest BCUT2D eigenvalue weighted by atomic mass is 16.6. The van der Waals surface area contributed by atoms with E-state index in [2.05, 4.69) is 25.1 Å². The minimum atomic E-state index is -0.515. The fourth-order valence-electron chi connectivity index (χ4n) is 1.34. The Balaban J connectivity index is 3.05. The molecule has 0 N–H and O–H groups in total. The van der Waals surface area contributed by atoms with Gasteiger partial charge in [-0.25, -0.2) is 9.78 Å². The zero-order chi connectivity index (χ0) is 15.7. The molecule has 0 amide bonds. The lowest BCUT2D eigenvalue weighted by Crippen LogP contribution is -2.07. The maximum absolute atomic E-state index is 11.7. The molecule has 0 spiro atoms. The van der Waals surface area contributed by atoms with Gasteiger partial charge in [0, 0.05) is 6.20 Å². The number of oxime groups is 2. The third-order valence-corrected chi connectivity index (χ3v) is 2.28. The topological polar surface area (TPSA) is 95.3 Å². The van der Waals surface area contributed by atoms with Crippen molar-refractivity contribution >= 4 is 23.5 Å². The molecular weight excluding hydrogens is 276 g/mol. The van der Waals surface area contributed by atoms with Gasteiger partial charge in [-0.15, -0.1) is 0 Å². The summed E-state index contributed by atoms with van der Waals surface area (Å²) in [5, 5.41) is 7.36. The normalized spacial score (nSPS) is 12.4. The van der Waals surface area contributed by atoms with Crippen LogP contribution in [0, 0.1) is 0 Å². The first-order valence-corrected chi connectivity index (χ1v) is 5.97. The Morgan fingerprint density at radius 1 is 1.38 bits per heavy atom. The van der Waals surface area contributed by atoms with Gasteiger partial charge in [-0.3, -0.25) is 0 Å². The van der Waals surface area contributed by atoms with Gasteiger partial charge in [0.1, 0.15) is 13.4 Å². The molecule has 0 saturated carbocycles. The molecule has 0 saturated heterocycles. The molecule has 0 aliphatic rings. The van der Waals surface area contributed by atoms with Crippen molar-refractivity contribution in [2.24, 2.45) is 10.3 Å². The van der Waals surface area contributed by atoms with E-state index in [4.69, 9.17) is 9.57 Å². The van der Waals surface area contributed by atoms with Crippen LogP contribution in [0.4, 0.5) is 0 Å². The molecule has 112 valence electrons. The standard InChI is InChI=1S/C13H16N4O4/c1-5-10(13(18)19-3)11-7-14-8-15-12(11)21-17-9(2)6-16-20-4/h5-8H,1-4H3/b10-5+,16-6?,17-9+. The van der Waals surface area contributed by atoms with Gasteiger partial charge in [-0.1, -0.05) is 16.4 Å². The second-order valence-corrected chi connectivity index (χ2v) is 3.68. The zero-order valence-electron chi connectivity index (χ0n) is 12.2. The van der Waals surface area contributed by atoms with Crippen molar-refractivity contribution in [3.05, 3.63) is 24.2 Å². The fraction of sp³-hybridized carbons (Fsp3) is 0.308. The highest BCUT2D eigenvalue weighted by Crippen LogP contribution is 2.23. The first kappa shape index (κ1) is 16.3. The van der Waals surface area contributed by atoms with Crippen molar-refractivity contribution in [3.63, 3.8) is 0 Å². The second kappa shape index (κ2) is 8.41. The first-order chi connectivity index (χ1) is 10.1. The van der Waals surface area contributed by atoms with Crippen LogP contribution in [0.5, 0.6) is 5.88 Å². The number of nitrogens with zero attached hydrogens (tertiary/aromatic N) is 4. The average Bonchev–Trinajstić information content (AvgIpc) is 2.52. The zero-order valence-corrected chi connectivity index (χ0v) is 12.2. The summed E-state index contributed by atoms with van der Waals surface area (Å²) in [7, 11) is 2.71. The van der Waals surface area contributed by atoms with E-state index in [9.17, 15) is 4.79 Å². The predicted octanol–water partition coefficient (Wildman–Crippen LogP) is 1.44. The molecule has 0 aromatic carbocycles. The van der Waals surface area contributed by atoms with Crippen LogP contribution >= 0.6 is 0 Å². The average molecular weight is 292 g/mol. The van der Waals surface area contributed by atoms with Gasteiger partial charge in [-0.05, 0) is 13.8 Å². The Bertz CT molecular complexity index is 581. The number of aromatic nitrogens is 2. The summed E-state index contributed by atoms with van der Waals surface area (Å²) >= 11 is 0. The van der Waals surface area contributed by atoms with Gasteiger partial charge in [0.05, 0.1) is 30.2 Å². The van der Waals surface area contributed by atoms with E-state index in [1.165, 1.54) is 33.0 Å². The molecule has 1 aromatic rings. The van der Waals surface area contributed by atoms with E-state index in [0.29, 0.717) is 11.3 Å². The van der Waals surface area contributed by atoms with Crippen LogP contribution in [0.15, 0.2) is 28.9 Å². The number of esters is 1. The number of hydrogen-bond acceptors (Lipinski definition) is 8. The minimum absolute atomic E-state index is 0.133. The molecule has 0 bridgehead atoms. The van der Waals surface area contributed by atoms with Crippen molar-refractivity contribution in [2.75, 3.05) is 14.2 Å². The van der Waals surface area contributed by atoms with Crippen LogP contribution in [-0.4, -0.2) is 42.1 Å². The molecule has 0 aliphatic carbocycles. The molecular formula is C13H16N4O4. The van der Waals surface area contributed by atoms with Crippen LogP contribution in [0.2, 0.25) is 0 Å². The van der Waals surface area contributed by atoms with E-state index in [1.807, 2.05) is 0 Å². The van der Waals surface area contributed by atoms with Crippen LogP contribution < -0.4 is 4.84 Å². The van der Waals surface area contributed by atoms with E-state index >= 15 is 0 Å². The third-order valence-electron chi connectivity index (χ3n) is 2.28. The number of hydrogen-bond donors (Lipinski definition) is 0. The Labute approximate surface area is 122 Å². The number of rotatable bonds is 6. The summed E-state index contributed by atoms with van der Waals surface area (Å²) in [6.45, 7) is 3.36. The van der Waals surface area contributed by atoms with Crippen molar-refractivity contribution in [2.45, 2.75) is 13.8 Å².